The number of aldehydes is 1. The van der Waals surface area contributed by atoms with E-state index < -0.39 is 0 Å². The van der Waals surface area contributed by atoms with Crippen molar-refractivity contribution in [3.05, 3.63) is 42.2 Å². The van der Waals surface area contributed by atoms with Crippen LogP contribution in [0.5, 0.6) is 0 Å². The molecule has 0 saturated carbocycles. The SMILES string of the molecule is C=Cc1ccn2ncc(C=O)c2c1. The average Bonchev–Trinajstić information content (AvgIpc) is 2.59. The number of aromatic nitrogens is 2. The van der Waals surface area contributed by atoms with E-state index in [1.165, 1.54) is 0 Å². The van der Waals surface area contributed by atoms with E-state index >= 15 is 0 Å². The van der Waals surface area contributed by atoms with E-state index in [1.54, 1.807) is 23.0 Å². The van der Waals surface area contributed by atoms with Gasteiger partial charge in [-0.1, -0.05) is 12.7 Å². The smallest absolute Gasteiger partial charge is 0.153 e. The number of fused-ring (bicyclic) bond motifs is 1. The number of carbonyl (C=O) groups excluding carboxylic acids is 1. The predicted octanol–water partition coefficient (Wildman–Crippen LogP) is 1.79. The Bertz CT molecular complexity index is 471. The molecular formula is C10H8N2O. The van der Waals surface area contributed by atoms with Gasteiger partial charge in [-0.2, -0.15) is 5.10 Å². The number of hydrogen-bond acceptors (Lipinski definition) is 2. The molecule has 2 heterocycles. The van der Waals surface area contributed by atoms with Crippen LogP contribution in [0.4, 0.5) is 0 Å². The lowest BCUT2D eigenvalue weighted by Crippen LogP contribution is -1.86. The van der Waals surface area contributed by atoms with E-state index in [0.29, 0.717) is 5.56 Å². The lowest BCUT2D eigenvalue weighted by molar-refractivity contribution is 0.112. The highest BCUT2D eigenvalue weighted by atomic mass is 16.1. The molecule has 13 heavy (non-hydrogen) atoms. The predicted molar refractivity (Wildman–Crippen MR) is 50.7 cm³/mol. The first-order valence-corrected chi connectivity index (χ1v) is 3.90. The maximum absolute atomic E-state index is 10.6. The minimum Gasteiger partial charge on any atom is -0.298 e. The Morgan fingerprint density at radius 2 is 2.38 bits per heavy atom. The van der Waals surface area contributed by atoms with Gasteiger partial charge in [-0.15, -0.1) is 0 Å². The van der Waals surface area contributed by atoms with Crippen LogP contribution < -0.4 is 0 Å². The fraction of sp³-hybridized carbons (Fsp3) is 0. The molecule has 3 nitrogen and oxygen atoms in total. The molecule has 0 amide bonds. The first-order chi connectivity index (χ1) is 6.35. The van der Waals surface area contributed by atoms with Crippen LogP contribution in [0, 0.1) is 0 Å². The summed E-state index contributed by atoms with van der Waals surface area (Å²) < 4.78 is 1.66. The van der Waals surface area contributed by atoms with Crippen LogP contribution in [-0.2, 0) is 0 Å². The van der Waals surface area contributed by atoms with Gasteiger partial charge in [-0.25, -0.2) is 4.52 Å². The minimum absolute atomic E-state index is 0.601. The third kappa shape index (κ3) is 1.14. The van der Waals surface area contributed by atoms with Crippen LogP contribution >= 0.6 is 0 Å². The number of carbonyl (C=O) groups is 1. The fourth-order valence-electron chi connectivity index (χ4n) is 1.23. The Labute approximate surface area is 75.3 Å². The molecule has 2 rings (SSSR count). The summed E-state index contributed by atoms with van der Waals surface area (Å²) in [5.41, 5.74) is 2.40. The van der Waals surface area contributed by atoms with Crippen molar-refractivity contribution in [1.82, 2.24) is 9.61 Å². The van der Waals surface area contributed by atoms with Crippen molar-refractivity contribution < 1.29 is 4.79 Å². The minimum atomic E-state index is 0.601. The zero-order valence-corrected chi connectivity index (χ0v) is 6.97. The molecule has 0 fully saturated rings. The van der Waals surface area contributed by atoms with Gasteiger partial charge in [0.05, 0.1) is 17.3 Å². The molecule has 0 aliphatic rings. The third-order valence-electron chi connectivity index (χ3n) is 1.94. The Balaban J connectivity index is 2.78. The van der Waals surface area contributed by atoms with E-state index in [0.717, 1.165) is 17.4 Å². The molecular weight excluding hydrogens is 164 g/mol. The molecule has 3 heteroatoms. The Hall–Kier alpha value is -1.90. The van der Waals surface area contributed by atoms with Gasteiger partial charge < -0.3 is 0 Å². The summed E-state index contributed by atoms with van der Waals surface area (Å²) in [4.78, 5) is 10.6. The molecule has 0 radical (unpaired) electrons. The Kier molecular flexibility index (Phi) is 1.70. The molecule has 0 aliphatic carbocycles. The molecule has 0 unspecified atom stereocenters. The summed E-state index contributed by atoms with van der Waals surface area (Å²) in [5, 5.41) is 4.02. The van der Waals surface area contributed by atoms with Crippen LogP contribution in [0.2, 0.25) is 0 Å². The standard InChI is InChI=1S/C10H8N2O/c1-2-8-3-4-12-10(5-8)9(7-13)6-11-12/h2-7H,1H2. The van der Waals surface area contributed by atoms with Crippen molar-refractivity contribution in [3.63, 3.8) is 0 Å². The van der Waals surface area contributed by atoms with Crippen LogP contribution in [0.1, 0.15) is 15.9 Å². The zero-order valence-electron chi connectivity index (χ0n) is 6.97. The van der Waals surface area contributed by atoms with E-state index in [-0.39, 0.29) is 0 Å². The lowest BCUT2D eigenvalue weighted by Gasteiger charge is -1.95. The lowest BCUT2D eigenvalue weighted by atomic mass is 10.2. The maximum Gasteiger partial charge on any atom is 0.153 e. The van der Waals surface area contributed by atoms with Gasteiger partial charge in [0.2, 0.25) is 0 Å². The number of hydrogen-bond donors (Lipinski definition) is 0. The summed E-state index contributed by atoms with van der Waals surface area (Å²) in [6.45, 7) is 3.66. The van der Waals surface area contributed by atoms with Crippen LogP contribution in [0.25, 0.3) is 11.6 Å². The fourth-order valence-corrected chi connectivity index (χ4v) is 1.23. The van der Waals surface area contributed by atoms with Gasteiger partial charge >= 0.3 is 0 Å². The Morgan fingerprint density at radius 3 is 3.08 bits per heavy atom. The summed E-state index contributed by atoms with van der Waals surface area (Å²) in [7, 11) is 0. The summed E-state index contributed by atoms with van der Waals surface area (Å²) in [5.74, 6) is 0. The van der Waals surface area contributed by atoms with E-state index in [1.807, 2.05) is 12.1 Å². The van der Waals surface area contributed by atoms with Crippen LogP contribution in [0.3, 0.4) is 0 Å². The van der Waals surface area contributed by atoms with Crippen molar-refractivity contribution in [1.29, 1.82) is 0 Å². The van der Waals surface area contributed by atoms with Crippen molar-refractivity contribution in [3.8, 4) is 0 Å². The number of pyridine rings is 1. The van der Waals surface area contributed by atoms with Crippen LogP contribution in [0.15, 0.2) is 31.1 Å². The van der Waals surface area contributed by atoms with E-state index in [9.17, 15) is 4.79 Å². The van der Waals surface area contributed by atoms with Gasteiger partial charge in [-0.3, -0.25) is 4.79 Å². The number of nitrogens with zero attached hydrogens (tertiary/aromatic N) is 2. The molecule has 2 aromatic rings. The van der Waals surface area contributed by atoms with Gasteiger partial charge in [0, 0.05) is 6.20 Å². The third-order valence-corrected chi connectivity index (χ3v) is 1.94. The molecule has 0 N–H and O–H groups in total. The van der Waals surface area contributed by atoms with E-state index in [2.05, 4.69) is 11.7 Å². The second-order valence-corrected chi connectivity index (χ2v) is 2.71. The normalized spacial score (nSPS) is 10.2. The van der Waals surface area contributed by atoms with Gasteiger partial charge in [0.1, 0.15) is 0 Å². The molecule has 0 aromatic carbocycles. The largest absolute Gasteiger partial charge is 0.298 e. The first kappa shape index (κ1) is 7.73. The quantitative estimate of drug-likeness (QED) is 0.647. The molecule has 0 saturated heterocycles. The second kappa shape index (κ2) is 2.86. The average molecular weight is 172 g/mol. The second-order valence-electron chi connectivity index (χ2n) is 2.71. The zero-order chi connectivity index (χ0) is 9.26. The first-order valence-electron chi connectivity index (χ1n) is 3.90. The highest BCUT2D eigenvalue weighted by Crippen LogP contribution is 2.11. The molecule has 0 spiro atoms. The summed E-state index contributed by atoms with van der Waals surface area (Å²) in [6, 6.07) is 3.77. The van der Waals surface area contributed by atoms with Gasteiger partial charge in [0.25, 0.3) is 0 Å². The van der Waals surface area contributed by atoms with Crippen molar-refractivity contribution >= 4 is 17.9 Å². The van der Waals surface area contributed by atoms with Crippen molar-refractivity contribution in [2.24, 2.45) is 0 Å². The van der Waals surface area contributed by atoms with Crippen molar-refractivity contribution in [2.75, 3.05) is 0 Å². The molecule has 0 bridgehead atoms. The van der Waals surface area contributed by atoms with Crippen LogP contribution in [-0.4, -0.2) is 15.9 Å². The summed E-state index contributed by atoms with van der Waals surface area (Å²) in [6.07, 6.45) is 5.89. The molecule has 2 aromatic heterocycles. The van der Waals surface area contributed by atoms with Gasteiger partial charge in [-0.05, 0) is 17.7 Å². The molecule has 0 aliphatic heterocycles. The molecule has 64 valence electrons. The van der Waals surface area contributed by atoms with Crippen molar-refractivity contribution in [2.45, 2.75) is 0 Å². The van der Waals surface area contributed by atoms with Gasteiger partial charge in [0.15, 0.2) is 6.29 Å². The Morgan fingerprint density at radius 1 is 1.54 bits per heavy atom. The number of rotatable bonds is 2. The monoisotopic (exact) mass is 172 g/mol. The van der Waals surface area contributed by atoms with E-state index in [4.69, 9.17) is 0 Å². The highest BCUT2D eigenvalue weighted by molar-refractivity contribution is 5.86. The molecule has 0 atom stereocenters. The maximum atomic E-state index is 10.6. The topological polar surface area (TPSA) is 34.4 Å². The highest BCUT2D eigenvalue weighted by Gasteiger charge is 2.01. The summed E-state index contributed by atoms with van der Waals surface area (Å²) >= 11 is 0.